The number of amides is 1. The fraction of sp³-hybridized carbons (Fsp3) is 0.276. The Morgan fingerprint density at radius 2 is 1.94 bits per heavy atom. The van der Waals surface area contributed by atoms with Crippen molar-refractivity contribution < 1.29 is 23.8 Å². The number of aromatic nitrogens is 1. The van der Waals surface area contributed by atoms with Crippen molar-refractivity contribution in [1.29, 1.82) is 0 Å². The van der Waals surface area contributed by atoms with Gasteiger partial charge in [0.1, 0.15) is 34.9 Å². The maximum Gasteiger partial charge on any atom is 0.231 e. The Balaban J connectivity index is 1.49. The Labute approximate surface area is 208 Å². The van der Waals surface area contributed by atoms with Crippen molar-refractivity contribution in [2.45, 2.75) is 44.1 Å². The number of ether oxygens (including phenoxy) is 1. The normalized spacial score (nSPS) is 19.3. The molecular weight excluding hydrogens is 459 g/mol. The van der Waals surface area contributed by atoms with Crippen LogP contribution in [0.3, 0.4) is 0 Å². The van der Waals surface area contributed by atoms with E-state index >= 15 is 0 Å². The number of rotatable bonds is 7. The highest BCUT2D eigenvalue weighted by Crippen LogP contribution is 2.46. The molecule has 0 spiro atoms. The standard InChI is InChI=1S/C29H27FN2O4/c1-28(27(31)34)16-36-26-22(28)15-24(32-25(26)18-8-10-21(30)11-9-18)29(2,35)13-12-23(33)20-7-6-17-4-3-5-19(17)14-20/h3,5-11,14-15,35H,4,12-13,16H2,1-2H3,(H2,31,34)/t28-,29-/m0/s1. The lowest BCUT2D eigenvalue weighted by atomic mass is 9.81. The van der Waals surface area contributed by atoms with Gasteiger partial charge in [0.25, 0.3) is 0 Å². The van der Waals surface area contributed by atoms with Crippen molar-refractivity contribution in [2.24, 2.45) is 5.73 Å². The van der Waals surface area contributed by atoms with Crippen LogP contribution in [0, 0.1) is 5.82 Å². The second kappa shape index (κ2) is 8.68. The van der Waals surface area contributed by atoms with Crippen molar-refractivity contribution >= 4 is 17.8 Å². The zero-order chi connectivity index (χ0) is 25.7. The van der Waals surface area contributed by atoms with Gasteiger partial charge in [-0.25, -0.2) is 9.37 Å². The minimum atomic E-state index is -1.49. The zero-order valence-corrected chi connectivity index (χ0v) is 20.2. The highest BCUT2D eigenvalue weighted by Gasteiger charge is 2.45. The predicted molar refractivity (Wildman–Crippen MR) is 134 cm³/mol. The van der Waals surface area contributed by atoms with Crippen LogP contribution in [-0.2, 0) is 22.2 Å². The Morgan fingerprint density at radius 1 is 1.19 bits per heavy atom. The lowest BCUT2D eigenvalue weighted by Gasteiger charge is -2.26. The molecule has 0 fully saturated rings. The number of hydrogen-bond donors (Lipinski definition) is 2. The van der Waals surface area contributed by atoms with E-state index in [1.54, 1.807) is 32.0 Å². The summed E-state index contributed by atoms with van der Waals surface area (Å²) in [6.07, 6.45) is 5.15. The van der Waals surface area contributed by atoms with Crippen LogP contribution in [0.25, 0.3) is 17.3 Å². The van der Waals surface area contributed by atoms with E-state index in [1.165, 1.54) is 17.7 Å². The molecule has 5 rings (SSSR count). The minimum Gasteiger partial charge on any atom is -0.489 e. The molecule has 1 aliphatic heterocycles. The van der Waals surface area contributed by atoms with Crippen LogP contribution in [-0.4, -0.2) is 28.4 Å². The Bertz CT molecular complexity index is 1410. The highest BCUT2D eigenvalue weighted by atomic mass is 19.1. The molecule has 0 radical (unpaired) electrons. The molecule has 3 N–H and O–H groups in total. The van der Waals surface area contributed by atoms with Crippen LogP contribution in [0.1, 0.15) is 59.4 Å². The zero-order valence-electron chi connectivity index (χ0n) is 20.2. The van der Waals surface area contributed by atoms with E-state index in [2.05, 4.69) is 11.1 Å². The summed E-state index contributed by atoms with van der Waals surface area (Å²) in [5.41, 5.74) is 7.68. The van der Waals surface area contributed by atoms with Crippen molar-refractivity contribution in [3.63, 3.8) is 0 Å². The van der Waals surface area contributed by atoms with E-state index in [1.807, 2.05) is 24.3 Å². The number of aliphatic hydroxyl groups is 1. The number of pyridine rings is 1. The van der Waals surface area contributed by atoms with E-state index in [0.717, 1.165) is 12.0 Å². The molecule has 1 aromatic heterocycles. The van der Waals surface area contributed by atoms with E-state index in [0.29, 0.717) is 28.1 Å². The van der Waals surface area contributed by atoms with Crippen molar-refractivity contribution in [3.05, 3.63) is 88.4 Å². The maximum absolute atomic E-state index is 13.6. The Hall–Kier alpha value is -3.84. The number of ketones is 1. The van der Waals surface area contributed by atoms with Gasteiger partial charge in [-0.2, -0.15) is 0 Å². The molecule has 7 heteroatoms. The highest BCUT2D eigenvalue weighted by molar-refractivity contribution is 5.97. The van der Waals surface area contributed by atoms with E-state index in [4.69, 9.17) is 10.5 Å². The van der Waals surface area contributed by atoms with Gasteiger partial charge in [0, 0.05) is 23.1 Å². The summed E-state index contributed by atoms with van der Waals surface area (Å²) in [4.78, 5) is 30.0. The number of hydrogen-bond acceptors (Lipinski definition) is 5. The number of fused-ring (bicyclic) bond motifs is 2. The van der Waals surface area contributed by atoms with E-state index in [-0.39, 0.29) is 30.9 Å². The summed E-state index contributed by atoms with van der Waals surface area (Å²) < 4.78 is 19.4. The molecule has 0 bridgehead atoms. The van der Waals surface area contributed by atoms with Crippen LogP contribution < -0.4 is 10.5 Å². The number of nitrogens with zero attached hydrogens (tertiary/aromatic N) is 1. The number of Topliss-reactive ketones (excluding diaryl/α,β-unsaturated/α-hetero) is 1. The van der Waals surface area contributed by atoms with Gasteiger partial charge < -0.3 is 15.6 Å². The van der Waals surface area contributed by atoms with Gasteiger partial charge in [-0.3, -0.25) is 9.59 Å². The Morgan fingerprint density at radius 3 is 2.67 bits per heavy atom. The second-order valence-corrected chi connectivity index (χ2v) is 9.94. The quantitative estimate of drug-likeness (QED) is 0.480. The molecule has 2 heterocycles. The monoisotopic (exact) mass is 486 g/mol. The van der Waals surface area contributed by atoms with Crippen LogP contribution in [0.15, 0.2) is 54.6 Å². The van der Waals surface area contributed by atoms with Crippen LogP contribution in [0.2, 0.25) is 0 Å². The summed E-state index contributed by atoms with van der Waals surface area (Å²) in [6.45, 7) is 3.30. The smallest absolute Gasteiger partial charge is 0.231 e. The number of carbonyl (C=O) groups excluding carboxylic acids is 2. The van der Waals surface area contributed by atoms with Gasteiger partial charge in [0.2, 0.25) is 5.91 Å². The van der Waals surface area contributed by atoms with Crippen LogP contribution in [0.5, 0.6) is 5.75 Å². The molecule has 2 aromatic carbocycles. The topological polar surface area (TPSA) is 103 Å². The molecule has 6 nitrogen and oxygen atoms in total. The molecule has 1 amide bonds. The maximum atomic E-state index is 13.6. The third-order valence-corrected chi connectivity index (χ3v) is 7.23. The molecular formula is C29H27FN2O4. The summed E-state index contributed by atoms with van der Waals surface area (Å²) in [6, 6.07) is 13.0. The average Bonchev–Trinajstić information content (AvgIpc) is 3.47. The largest absolute Gasteiger partial charge is 0.489 e. The number of allylic oxidation sites excluding steroid dienone is 1. The average molecular weight is 487 g/mol. The van der Waals surface area contributed by atoms with E-state index in [9.17, 15) is 19.1 Å². The van der Waals surface area contributed by atoms with Crippen LogP contribution in [0.4, 0.5) is 4.39 Å². The molecule has 3 aromatic rings. The summed E-state index contributed by atoms with van der Waals surface area (Å²) >= 11 is 0. The number of primary amides is 1. The number of benzene rings is 2. The molecule has 0 saturated heterocycles. The Kier molecular flexibility index (Phi) is 5.75. The molecule has 1 aliphatic carbocycles. The first-order chi connectivity index (χ1) is 17.1. The van der Waals surface area contributed by atoms with Gasteiger partial charge in [-0.1, -0.05) is 24.3 Å². The first-order valence-corrected chi connectivity index (χ1v) is 11.9. The third kappa shape index (κ3) is 4.09. The van der Waals surface area contributed by atoms with Crippen molar-refractivity contribution in [2.75, 3.05) is 6.61 Å². The first kappa shape index (κ1) is 23.9. The first-order valence-electron chi connectivity index (χ1n) is 11.9. The van der Waals surface area contributed by atoms with Gasteiger partial charge in [-0.15, -0.1) is 0 Å². The van der Waals surface area contributed by atoms with Crippen molar-refractivity contribution in [1.82, 2.24) is 4.98 Å². The number of halogens is 1. The minimum absolute atomic E-state index is 0.0321. The van der Waals surface area contributed by atoms with Crippen LogP contribution >= 0.6 is 0 Å². The molecule has 2 atom stereocenters. The molecule has 2 aliphatic rings. The SMILES string of the molecule is C[C@](O)(CCC(=O)c1ccc2c(c1)C=CC2)c1cc2c(c(-c3ccc(F)cc3)n1)OC[C@]2(C)C(N)=O. The molecule has 0 unspecified atom stereocenters. The molecule has 36 heavy (non-hydrogen) atoms. The third-order valence-electron chi connectivity index (χ3n) is 7.23. The summed E-state index contributed by atoms with van der Waals surface area (Å²) in [5, 5.41) is 11.4. The van der Waals surface area contributed by atoms with E-state index < -0.39 is 22.7 Å². The number of carbonyl (C=O) groups is 2. The fourth-order valence-corrected chi connectivity index (χ4v) is 4.72. The van der Waals surface area contributed by atoms with Gasteiger partial charge >= 0.3 is 0 Å². The van der Waals surface area contributed by atoms with Gasteiger partial charge in [0.15, 0.2) is 5.78 Å². The predicted octanol–water partition coefficient (Wildman–Crippen LogP) is 4.46. The summed E-state index contributed by atoms with van der Waals surface area (Å²) in [7, 11) is 0. The summed E-state index contributed by atoms with van der Waals surface area (Å²) in [5.74, 6) is -0.667. The molecule has 184 valence electrons. The molecule has 0 saturated carbocycles. The number of nitrogens with two attached hydrogens (primary N) is 1. The lowest BCUT2D eigenvalue weighted by Crippen LogP contribution is -2.40. The van der Waals surface area contributed by atoms with Gasteiger partial charge in [-0.05, 0) is 74.2 Å². The second-order valence-electron chi connectivity index (χ2n) is 9.94. The lowest BCUT2D eigenvalue weighted by molar-refractivity contribution is -0.123. The van der Waals surface area contributed by atoms with Gasteiger partial charge in [0.05, 0.1) is 5.69 Å². The van der Waals surface area contributed by atoms with Crippen molar-refractivity contribution in [3.8, 4) is 17.0 Å². The fourth-order valence-electron chi connectivity index (χ4n) is 4.72.